The van der Waals surface area contributed by atoms with E-state index >= 15 is 0 Å². The smallest absolute Gasteiger partial charge is 0.250 e. The van der Waals surface area contributed by atoms with Crippen molar-refractivity contribution in [1.82, 2.24) is 5.32 Å². The molecule has 0 aliphatic rings. The molecule has 0 radical (unpaired) electrons. The zero-order valence-corrected chi connectivity index (χ0v) is 11.4. The molecule has 0 saturated heterocycles. The van der Waals surface area contributed by atoms with E-state index in [1.165, 1.54) is 6.07 Å². The summed E-state index contributed by atoms with van der Waals surface area (Å²) in [5.41, 5.74) is 12.2. The summed E-state index contributed by atoms with van der Waals surface area (Å²) < 4.78 is 4.83. The molecular weight excluding hydrogens is 260 g/mol. The summed E-state index contributed by atoms with van der Waals surface area (Å²) in [6, 6.07) is 4.83. The molecule has 0 fully saturated rings. The highest BCUT2D eigenvalue weighted by molar-refractivity contribution is 5.99. The second-order valence-electron chi connectivity index (χ2n) is 4.19. The van der Waals surface area contributed by atoms with E-state index < -0.39 is 5.91 Å². The molecule has 0 aromatic heterocycles. The number of hydrogen-bond donors (Lipinski definition) is 4. The van der Waals surface area contributed by atoms with Crippen LogP contribution in [0.15, 0.2) is 18.2 Å². The lowest BCUT2D eigenvalue weighted by molar-refractivity contribution is -0.121. The highest BCUT2D eigenvalue weighted by Gasteiger charge is 2.08. The summed E-state index contributed by atoms with van der Waals surface area (Å²) in [4.78, 5) is 22.7. The minimum atomic E-state index is -0.565. The second kappa shape index (κ2) is 8.00. The third-order valence-electron chi connectivity index (χ3n) is 2.60. The number of nitrogens with one attached hydrogen (secondary N) is 2. The lowest BCUT2D eigenvalue weighted by Gasteiger charge is -2.11. The Kier molecular flexibility index (Phi) is 6.31. The zero-order valence-electron chi connectivity index (χ0n) is 11.4. The molecule has 0 aliphatic heterocycles. The molecule has 0 spiro atoms. The Bertz CT molecular complexity index is 477. The van der Waals surface area contributed by atoms with E-state index in [9.17, 15) is 9.59 Å². The van der Waals surface area contributed by atoms with Crippen LogP contribution in [0.4, 0.5) is 11.4 Å². The van der Waals surface area contributed by atoms with E-state index in [0.29, 0.717) is 36.6 Å². The van der Waals surface area contributed by atoms with Crippen LogP contribution in [0.25, 0.3) is 0 Å². The van der Waals surface area contributed by atoms with Gasteiger partial charge in [0.1, 0.15) is 0 Å². The van der Waals surface area contributed by atoms with Crippen molar-refractivity contribution in [3.8, 4) is 0 Å². The molecule has 0 atom stereocenters. The van der Waals surface area contributed by atoms with Crippen LogP contribution in [0, 0.1) is 0 Å². The Balaban J connectivity index is 2.46. The summed E-state index contributed by atoms with van der Waals surface area (Å²) in [6.45, 7) is 1.34. The number of primary amides is 1. The predicted molar refractivity (Wildman–Crippen MR) is 77.4 cm³/mol. The Hall–Kier alpha value is -2.28. The molecule has 0 heterocycles. The Morgan fingerprint density at radius 2 is 2.05 bits per heavy atom. The first-order chi connectivity index (χ1) is 9.54. The number of methoxy groups -OCH3 is 1. The molecule has 1 aromatic carbocycles. The largest absolute Gasteiger partial charge is 0.399 e. The maximum atomic E-state index is 11.5. The van der Waals surface area contributed by atoms with Gasteiger partial charge in [-0.05, 0) is 18.2 Å². The Morgan fingerprint density at radius 3 is 2.70 bits per heavy atom. The molecule has 1 aromatic rings. The van der Waals surface area contributed by atoms with Crippen molar-refractivity contribution in [1.29, 1.82) is 0 Å². The van der Waals surface area contributed by atoms with Crippen molar-refractivity contribution in [2.45, 2.75) is 6.42 Å². The van der Waals surface area contributed by atoms with E-state index in [4.69, 9.17) is 16.2 Å². The zero-order chi connectivity index (χ0) is 15.0. The monoisotopic (exact) mass is 280 g/mol. The van der Waals surface area contributed by atoms with Crippen LogP contribution in [-0.2, 0) is 9.53 Å². The van der Waals surface area contributed by atoms with Gasteiger partial charge in [-0.1, -0.05) is 0 Å². The van der Waals surface area contributed by atoms with Gasteiger partial charge in [0.05, 0.1) is 12.2 Å². The van der Waals surface area contributed by atoms with Gasteiger partial charge in [0.25, 0.3) is 5.91 Å². The van der Waals surface area contributed by atoms with Crippen LogP contribution in [0.1, 0.15) is 16.8 Å². The van der Waals surface area contributed by atoms with Crippen LogP contribution in [-0.4, -0.2) is 38.6 Å². The van der Waals surface area contributed by atoms with Gasteiger partial charge in [-0.15, -0.1) is 0 Å². The summed E-state index contributed by atoms with van der Waals surface area (Å²) >= 11 is 0. The second-order valence-corrected chi connectivity index (χ2v) is 4.19. The SMILES string of the molecule is COCCNC(=O)CCNc1ccc(N)cc1C(N)=O. The third-order valence-corrected chi connectivity index (χ3v) is 2.60. The maximum absolute atomic E-state index is 11.5. The predicted octanol–water partition coefficient (Wildman–Crippen LogP) is -0.0677. The summed E-state index contributed by atoms with van der Waals surface area (Å²) in [5, 5.41) is 5.70. The number of ether oxygens (including phenoxy) is 1. The molecule has 2 amide bonds. The fourth-order valence-electron chi connectivity index (χ4n) is 1.61. The Labute approximate surface area is 117 Å². The number of anilines is 2. The first-order valence-electron chi connectivity index (χ1n) is 6.23. The van der Waals surface area contributed by atoms with Crippen LogP contribution >= 0.6 is 0 Å². The molecule has 0 saturated carbocycles. The molecule has 7 nitrogen and oxygen atoms in total. The molecule has 0 unspecified atom stereocenters. The molecule has 1 rings (SSSR count). The van der Waals surface area contributed by atoms with Gasteiger partial charge >= 0.3 is 0 Å². The third kappa shape index (κ3) is 5.15. The molecule has 6 N–H and O–H groups in total. The van der Waals surface area contributed by atoms with E-state index in [2.05, 4.69) is 10.6 Å². The van der Waals surface area contributed by atoms with Crippen molar-refractivity contribution in [2.24, 2.45) is 5.73 Å². The lowest BCUT2D eigenvalue weighted by Crippen LogP contribution is -2.28. The van der Waals surface area contributed by atoms with Crippen molar-refractivity contribution >= 4 is 23.2 Å². The molecular formula is C13H20N4O3. The van der Waals surface area contributed by atoms with Gasteiger partial charge in [-0.25, -0.2) is 0 Å². The normalized spacial score (nSPS) is 10.1. The fourth-order valence-corrected chi connectivity index (χ4v) is 1.61. The average Bonchev–Trinajstić information content (AvgIpc) is 2.40. The number of carbonyl (C=O) groups excluding carboxylic acids is 2. The fraction of sp³-hybridized carbons (Fsp3) is 0.385. The number of nitrogen functional groups attached to an aromatic ring is 1. The minimum Gasteiger partial charge on any atom is -0.399 e. The van der Waals surface area contributed by atoms with E-state index in [0.717, 1.165) is 0 Å². The minimum absolute atomic E-state index is 0.0920. The van der Waals surface area contributed by atoms with Crippen molar-refractivity contribution in [3.63, 3.8) is 0 Å². The van der Waals surface area contributed by atoms with Crippen molar-refractivity contribution < 1.29 is 14.3 Å². The maximum Gasteiger partial charge on any atom is 0.250 e. The highest BCUT2D eigenvalue weighted by atomic mass is 16.5. The summed E-state index contributed by atoms with van der Waals surface area (Å²) in [6.07, 6.45) is 0.284. The van der Waals surface area contributed by atoms with Crippen LogP contribution in [0.2, 0.25) is 0 Å². The van der Waals surface area contributed by atoms with E-state index in [1.807, 2.05) is 0 Å². The molecule has 0 bridgehead atoms. The highest BCUT2D eigenvalue weighted by Crippen LogP contribution is 2.18. The number of amides is 2. The van der Waals surface area contributed by atoms with Crippen LogP contribution in [0.3, 0.4) is 0 Å². The van der Waals surface area contributed by atoms with E-state index in [-0.39, 0.29) is 12.3 Å². The van der Waals surface area contributed by atoms with Gasteiger partial charge in [0, 0.05) is 38.0 Å². The number of hydrogen-bond acceptors (Lipinski definition) is 5. The van der Waals surface area contributed by atoms with Crippen molar-refractivity contribution in [2.75, 3.05) is 37.9 Å². The van der Waals surface area contributed by atoms with Gasteiger partial charge < -0.3 is 26.8 Å². The first kappa shape index (κ1) is 15.8. The standard InChI is InChI=1S/C13H20N4O3/c1-20-7-6-17-12(18)4-5-16-11-3-2-9(14)8-10(11)13(15)19/h2-3,8,16H,4-7,14H2,1H3,(H2,15,19)(H,17,18). The average molecular weight is 280 g/mol. The quantitative estimate of drug-likeness (QED) is 0.392. The molecule has 0 aliphatic carbocycles. The first-order valence-corrected chi connectivity index (χ1v) is 6.23. The number of carbonyl (C=O) groups is 2. The molecule has 110 valence electrons. The topological polar surface area (TPSA) is 119 Å². The van der Waals surface area contributed by atoms with E-state index in [1.54, 1.807) is 19.2 Å². The number of rotatable bonds is 8. The van der Waals surface area contributed by atoms with Gasteiger partial charge in [-0.3, -0.25) is 9.59 Å². The molecule has 20 heavy (non-hydrogen) atoms. The van der Waals surface area contributed by atoms with Crippen molar-refractivity contribution in [3.05, 3.63) is 23.8 Å². The van der Waals surface area contributed by atoms with Crippen LogP contribution < -0.4 is 22.1 Å². The lowest BCUT2D eigenvalue weighted by atomic mass is 10.1. The Morgan fingerprint density at radius 1 is 1.30 bits per heavy atom. The molecule has 7 heteroatoms. The summed E-state index contributed by atoms with van der Waals surface area (Å²) in [5.74, 6) is -0.657. The van der Waals surface area contributed by atoms with Gasteiger partial charge in [0.15, 0.2) is 0 Å². The van der Waals surface area contributed by atoms with Crippen LogP contribution in [0.5, 0.6) is 0 Å². The number of benzene rings is 1. The summed E-state index contributed by atoms with van der Waals surface area (Å²) in [7, 11) is 1.57. The number of nitrogens with two attached hydrogens (primary N) is 2. The van der Waals surface area contributed by atoms with Gasteiger partial charge in [0.2, 0.25) is 5.91 Å². The van der Waals surface area contributed by atoms with Gasteiger partial charge in [-0.2, -0.15) is 0 Å².